The van der Waals surface area contributed by atoms with Crippen LogP contribution in [0.3, 0.4) is 0 Å². The van der Waals surface area contributed by atoms with Crippen LogP contribution in [-0.2, 0) is 0 Å². The lowest BCUT2D eigenvalue weighted by molar-refractivity contribution is 0.639. The zero-order valence-corrected chi connectivity index (χ0v) is 10.1. The third kappa shape index (κ3) is 2.23. The van der Waals surface area contributed by atoms with E-state index in [2.05, 4.69) is 16.6 Å². The second-order valence-corrected chi connectivity index (χ2v) is 5.95. The van der Waals surface area contributed by atoms with Gasteiger partial charge < -0.3 is 5.32 Å². The van der Waals surface area contributed by atoms with Crippen molar-refractivity contribution in [3.63, 3.8) is 0 Å². The van der Waals surface area contributed by atoms with E-state index < -0.39 is 0 Å². The van der Waals surface area contributed by atoms with Crippen molar-refractivity contribution in [3.05, 3.63) is 11.6 Å². The molecule has 2 rings (SSSR count). The Balaban J connectivity index is 1.89. The standard InChI is InChI=1S/C10H16N2S2/c1-13-10(4-2-3-5-10)8-12-9-11-6-7-14-9/h6-7H,2-5,8H2,1H3,(H,11,12). The predicted octanol–water partition coefficient (Wildman–Crippen LogP) is 3.23. The lowest BCUT2D eigenvalue weighted by Gasteiger charge is -2.26. The van der Waals surface area contributed by atoms with Crippen LogP contribution in [-0.4, -0.2) is 22.5 Å². The van der Waals surface area contributed by atoms with Gasteiger partial charge in [0, 0.05) is 22.9 Å². The molecule has 0 bridgehead atoms. The molecule has 0 unspecified atom stereocenters. The fourth-order valence-corrected chi connectivity index (χ4v) is 3.46. The van der Waals surface area contributed by atoms with Crippen molar-refractivity contribution in [2.75, 3.05) is 18.1 Å². The van der Waals surface area contributed by atoms with Gasteiger partial charge in [-0.3, -0.25) is 0 Å². The van der Waals surface area contributed by atoms with Gasteiger partial charge in [0.2, 0.25) is 0 Å². The number of nitrogens with one attached hydrogen (secondary N) is 1. The maximum absolute atomic E-state index is 4.24. The van der Waals surface area contributed by atoms with Gasteiger partial charge in [0.15, 0.2) is 5.13 Å². The van der Waals surface area contributed by atoms with Gasteiger partial charge in [-0.05, 0) is 19.1 Å². The highest BCUT2D eigenvalue weighted by molar-refractivity contribution is 8.00. The summed E-state index contributed by atoms with van der Waals surface area (Å²) in [5.74, 6) is 0. The topological polar surface area (TPSA) is 24.9 Å². The second kappa shape index (κ2) is 4.53. The van der Waals surface area contributed by atoms with Crippen LogP contribution in [0.2, 0.25) is 0 Å². The summed E-state index contributed by atoms with van der Waals surface area (Å²) in [5.41, 5.74) is 0. The molecule has 0 saturated heterocycles. The number of thiazole rings is 1. The van der Waals surface area contributed by atoms with E-state index in [9.17, 15) is 0 Å². The summed E-state index contributed by atoms with van der Waals surface area (Å²) in [5, 5.41) is 6.52. The first-order valence-corrected chi connectivity index (χ1v) is 7.14. The van der Waals surface area contributed by atoms with Crippen molar-refractivity contribution in [1.29, 1.82) is 0 Å². The monoisotopic (exact) mass is 228 g/mol. The van der Waals surface area contributed by atoms with E-state index in [1.54, 1.807) is 11.3 Å². The van der Waals surface area contributed by atoms with E-state index in [0.717, 1.165) is 11.7 Å². The minimum Gasteiger partial charge on any atom is -0.360 e. The van der Waals surface area contributed by atoms with Gasteiger partial charge >= 0.3 is 0 Å². The zero-order chi connectivity index (χ0) is 9.86. The average Bonchev–Trinajstić information content (AvgIpc) is 2.87. The van der Waals surface area contributed by atoms with Gasteiger partial charge in [-0.2, -0.15) is 11.8 Å². The Morgan fingerprint density at radius 2 is 2.36 bits per heavy atom. The van der Waals surface area contributed by atoms with Gasteiger partial charge in [-0.15, -0.1) is 11.3 Å². The summed E-state index contributed by atoms with van der Waals surface area (Å²) >= 11 is 3.70. The summed E-state index contributed by atoms with van der Waals surface area (Å²) in [7, 11) is 0. The first-order valence-electron chi connectivity index (χ1n) is 5.03. The zero-order valence-electron chi connectivity index (χ0n) is 8.45. The second-order valence-electron chi connectivity index (χ2n) is 3.79. The molecule has 1 aromatic rings. The van der Waals surface area contributed by atoms with E-state index in [1.165, 1.54) is 25.7 Å². The molecule has 1 N–H and O–H groups in total. The van der Waals surface area contributed by atoms with E-state index in [4.69, 9.17) is 0 Å². The quantitative estimate of drug-likeness (QED) is 0.856. The highest BCUT2D eigenvalue weighted by Gasteiger charge is 2.32. The number of thioether (sulfide) groups is 1. The van der Waals surface area contributed by atoms with Crippen LogP contribution >= 0.6 is 23.1 Å². The number of hydrogen-bond acceptors (Lipinski definition) is 4. The Morgan fingerprint density at radius 1 is 1.57 bits per heavy atom. The SMILES string of the molecule is CSC1(CNc2nccs2)CCCC1. The molecule has 14 heavy (non-hydrogen) atoms. The van der Waals surface area contributed by atoms with Crippen molar-refractivity contribution in [2.24, 2.45) is 0 Å². The van der Waals surface area contributed by atoms with Crippen molar-refractivity contribution in [3.8, 4) is 0 Å². The summed E-state index contributed by atoms with van der Waals surface area (Å²) in [4.78, 5) is 4.24. The number of nitrogens with zero attached hydrogens (tertiary/aromatic N) is 1. The first kappa shape index (κ1) is 10.3. The molecule has 0 atom stereocenters. The molecule has 0 amide bonds. The predicted molar refractivity (Wildman–Crippen MR) is 65.3 cm³/mol. The van der Waals surface area contributed by atoms with Gasteiger partial charge in [-0.25, -0.2) is 4.98 Å². The molecule has 0 spiro atoms. The number of hydrogen-bond donors (Lipinski definition) is 1. The fourth-order valence-electron chi connectivity index (χ4n) is 2.02. The van der Waals surface area contributed by atoms with Crippen LogP contribution < -0.4 is 5.32 Å². The molecule has 1 aliphatic rings. The van der Waals surface area contributed by atoms with E-state index in [-0.39, 0.29) is 0 Å². The lowest BCUT2D eigenvalue weighted by atomic mass is 10.1. The number of anilines is 1. The Morgan fingerprint density at radius 3 is 2.93 bits per heavy atom. The summed E-state index contributed by atoms with van der Waals surface area (Å²) in [6.07, 6.45) is 9.57. The maximum Gasteiger partial charge on any atom is 0.182 e. The molecule has 1 saturated carbocycles. The average molecular weight is 228 g/mol. The Hall–Kier alpha value is -0.220. The van der Waals surface area contributed by atoms with Crippen molar-refractivity contribution in [1.82, 2.24) is 4.98 Å². The van der Waals surface area contributed by atoms with E-state index in [0.29, 0.717) is 4.75 Å². The van der Waals surface area contributed by atoms with Crippen molar-refractivity contribution in [2.45, 2.75) is 30.4 Å². The minimum absolute atomic E-state index is 0.478. The van der Waals surface area contributed by atoms with E-state index in [1.807, 2.05) is 23.3 Å². The minimum atomic E-state index is 0.478. The number of aromatic nitrogens is 1. The van der Waals surface area contributed by atoms with Crippen LogP contribution in [0.5, 0.6) is 0 Å². The molecule has 1 aliphatic carbocycles. The highest BCUT2D eigenvalue weighted by atomic mass is 32.2. The Bertz CT molecular complexity index is 266. The smallest absolute Gasteiger partial charge is 0.182 e. The van der Waals surface area contributed by atoms with Crippen molar-refractivity contribution < 1.29 is 0 Å². The lowest BCUT2D eigenvalue weighted by Crippen LogP contribution is -2.29. The summed E-state index contributed by atoms with van der Waals surface area (Å²) in [6, 6.07) is 0. The van der Waals surface area contributed by atoms with Crippen LogP contribution in [0, 0.1) is 0 Å². The molecular weight excluding hydrogens is 212 g/mol. The fraction of sp³-hybridized carbons (Fsp3) is 0.700. The van der Waals surface area contributed by atoms with Crippen LogP contribution in [0.1, 0.15) is 25.7 Å². The normalized spacial score (nSPS) is 19.8. The van der Waals surface area contributed by atoms with Gasteiger partial charge in [0.25, 0.3) is 0 Å². The van der Waals surface area contributed by atoms with Crippen molar-refractivity contribution >= 4 is 28.2 Å². The molecule has 78 valence electrons. The molecule has 0 aromatic carbocycles. The third-order valence-corrected chi connectivity index (χ3v) is 5.09. The highest BCUT2D eigenvalue weighted by Crippen LogP contribution is 2.40. The molecule has 0 radical (unpaired) electrons. The Labute approximate surface area is 93.5 Å². The largest absolute Gasteiger partial charge is 0.360 e. The summed E-state index contributed by atoms with van der Waals surface area (Å²) < 4.78 is 0.478. The summed E-state index contributed by atoms with van der Waals surface area (Å²) in [6.45, 7) is 1.07. The van der Waals surface area contributed by atoms with Gasteiger partial charge in [0.05, 0.1) is 0 Å². The Kier molecular flexibility index (Phi) is 3.34. The molecule has 0 aliphatic heterocycles. The molecule has 1 aromatic heterocycles. The number of rotatable bonds is 4. The van der Waals surface area contributed by atoms with Crippen LogP contribution in [0.25, 0.3) is 0 Å². The molecule has 1 fully saturated rings. The molecular formula is C10H16N2S2. The third-order valence-electron chi connectivity index (χ3n) is 2.94. The maximum atomic E-state index is 4.24. The molecule has 2 nitrogen and oxygen atoms in total. The van der Waals surface area contributed by atoms with E-state index >= 15 is 0 Å². The van der Waals surface area contributed by atoms with Crippen LogP contribution in [0.4, 0.5) is 5.13 Å². The molecule has 1 heterocycles. The molecule has 4 heteroatoms. The van der Waals surface area contributed by atoms with Crippen LogP contribution in [0.15, 0.2) is 11.6 Å². The van der Waals surface area contributed by atoms with Gasteiger partial charge in [0.1, 0.15) is 0 Å². The van der Waals surface area contributed by atoms with Gasteiger partial charge in [-0.1, -0.05) is 12.8 Å². The first-order chi connectivity index (χ1) is 6.85.